The first-order chi connectivity index (χ1) is 31.9. The summed E-state index contributed by atoms with van der Waals surface area (Å²) in [6.07, 6.45) is 19.6. The third-order valence-corrected chi connectivity index (χ3v) is 16.0. The Morgan fingerprint density at radius 1 is 0.836 bits per heavy atom. The number of ether oxygens (including phenoxy) is 5. The molecule has 2 unspecified atom stereocenters. The van der Waals surface area contributed by atoms with E-state index in [9.17, 15) is 29.4 Å². The van der Waals surface area contributed by atoms with Gasteiger partial charge in [-0.05, 0) is 156 Å². The number of aliphatic hydroxyl groups excluding tert-OH is 1. The van der Waals surface area contributed by atoms with Gasteiger partial charge in [0.05, 0.1) is 37.6 Å². The first-order valence-corrected chi connectivity index (χ1v) is 25.7. The molecule has 3 fully saturated rings. The van der Waals surface area contributed by atoms with Gasteiger partial charge in [-0.25, -0.2) is 4.79 Å². The second kappa shape index (κ2) is 27.4. The van der Waals surface area contributed by atoms with Crippen LogP contribution in [0.1, 0.15) is 145 Å². The van der Waals surface area contributed by atoms with Gasteiger partial charge in [-0.3, -0.25) is 14.4 Å². The van der Waals surface area contributed by atoms with Gasteiger partial charge in [-0.15, -0.1) is 0 Å². The number of esters is 1. The lowest BCUT2D eigenvalue weighted by atomic mass is 9.67. The summed E-state index contributed by atoms with van der Waals surface area (Å²) in [5.41, 5.74) is -0.265. The van der Waals surface area contributed by atoms with Gasteiger partial charge in [0.2, 0.25) is 0 Å². The minimum atomic E-state index is -1.89. The Morgan fingerprint density at radius 3 is 2.25 bits per heavy atom. The normalized spacial score (nSPS) is 37.0. The lowest BCUT2D eigenvalue weighted by molar-refractivity contribution is -0.171. The van der Waals surface area contributed by atoms with Crippen LogP contribution in [0.25, 0.3) is 0 Å². The lowest BCUT2D eigenvalue weighted by Crippen LogP contribution is -2.59. The van der Waals surface area contributed by atoms with Crippen molar-refractivity contribution in [3.8, 4) is 0 Å². The van der Waals surface area contributed by atoms with Crippen LogP contribution in [-0.4, -0.2) is 122 Å². The summed E-state index contributed by atoms with van der Waals surface area (Å²) in [4.78, 5) is 58.9. The van der Waals surface area contributed by atoms with E-state index in [-0.39, 0.29) is 92.4 Å². The number of nitrogens with zero attached hydrogens (tertiary/aromatic N) is 1. The third kappa shape index (κ3) is 16.0. The van der Waals surface area contributed by atoms with E-state index in [1.807, 2.05) is 52.0 Å². The van der Waals surface area contributed by atoms with Gasteiger partial charge in [0, 0.05) is 34.3 Å². The van der Waals surface area contributed by atoms with Gasteiger partial charge in [0.1, 0.15) is 17.7 Å². The standard InChI is InChI=1S/C55H89NO11/c1-35-17-13-12-14-18-37(3)48(63-9)32-44-21-20-41(7)55(62,34-44)52(59)53(60)56-24-16-15-19-45(56)54(61)67-49(40(6)30-43-22-23-47(66-26-25-57)51(31-43)65-11)33-46(58)39(5)29-38(4)42(8)50(64-10)28-36(2)27-35/h12-14,17-18,29,35-36,38,40-45,47-51,57,62H,15-16,19-28,30-34H2,1-11H3/t35-,36-,38?,40-,41-,42-,43+,44+,45+,47-,48+,49?,50+,51-,55+/m1/s1. The molecule has 2 aliphatic heterocycles. The van der Waals surface area contributed by atoms with Crippen LogP contribution in [0.3, 0.4) is 0 Å². The van der Waals surface area contributed by atoms with Crippen molar-refractivity contribution >= 4 is 23.4 Å². The SMILES string of the molecule is CO[C@H]1C[C@@H]2CC[C@@H](C)[C@@](O)(C2)C(=O)C(=O)N2CCCC[C@H]2C(=O)OC([C@H](C)C[C@@H]2CC[C@@H](OCCO)[C@H](OC)C2)CC(=O)C(C)=CC(C)[C@@H](C)[C@@H](OC)C[C@H](C)C[C@H](C)C=CC=CC=C1C. The number of cyclic esters (lactones) is 1. The fourth-order valence-corrected chi connectivity index (χ4v) is 11.5. The summed E-state index contributed by atoms with van der Waals surface area (Å²) in [6, 6.07) is -1.02. The molecule has 4 aliphatic rings. The highest BCUT2D eigenvalue weighted by Gasteiger charge is 2.51. The topological polar surface area (TPSA) is 158 Å². The number of allylic oxidation sites excluding steroid dienone is 7. The number of aliphatic hydroxyl groups is 2. The maximum atomic E-state index is 14.5. The van der Waals surface area contributed by atoms with E-state index in [1.165, 1.54) is 4.90 Å². The summed E-state index contributed by atoms with van der Waals surface area (Å²) in [5.74, 6) is -2.10. The maximum Gasteiger partial charge on any atom is 0.329 e. The van der Waals surface area contributed by atoms with Gasteiger partial charge in [-0.2, -0.15) is 0 Å². The highest BCUT2D eigenvalue weighted by atomic mass is 16.5. The van der Waals surface area contributed by atoms with Gasteiger partial charge in [0.25, 0.3) is 11.7 Å². The number of carbonyl (C=O) groups is 4. The van der Waals surface area contributed by atoms with Crippen molar-refractivity contribution in [2.24, 2.45) is 47.3 Å². The van der Waals surface area contributed by atoms with E-state index in [4.69, 9.17) is 23.7 Å². The van der Waals surface area contributed by atoms with Crippen molar-refractivity contribution < 1.29 is 53.1 Å². The Hall–Kier alpha value is -3.00. The Bertz CT molecular complexity index is 1720. The predicted molar refractivity (Wildman–Crippen MR) is 262 cm³/mol. The number of hydrogen-bond acceptors (Lipinski definition) is 11. The number of fused-ring (bicyclic) bond motifs is 3. The van der Waals surface area contributed by atoms with Crippen molar-refractivity contribution in [3.63, 3.8) is 0 Å². The molecule has 15 atom stereocenters. The molecule has 12 nitrogen and oxygen atoms in total. The first kappa shape index (κ1) is 56.6. The Balaban J connectivity index is 1.68. The van der Waals surface area contributed by atoms with E-state index in [2.05, 4.69) is 39.8 Å². The number of ketones is 2. The van der Waals surface area contributed by atoms with Gasteiger partial charge in [-0.1, -0.05) is 78.0 Å². The molecule has 2 N–H and O–H groups in total. The predicted octanol–water partition coefficient (Wildman–Crippen LogP) is 8.96. The van der Waals surface area contributed by atoms with Gasteiger partial charge >= 0.3 is 5.97 Å². The van der Waals surface area contributed by atoms with Gasteiger partial charge < -0.3 is 38.8 Å². The number of hydrogen-bond donors (Lipinski definition) is 2. The lowest BCUT2D eigenvalue weighted by Gasteiger charge is -2.43. The minimum Gasteiger partial charge on any atom is -0.460 e. The van der Waals surface area contributed by atoms with Crippen molar-refractivity contribution in [2.45, 2.75) is 187 Å². The van der Waals surface area contributed by atoms with E-state index >= 15 is 0 Å². The number of carbonyl (C=O) groups excluding carboxylic acids is 4. The Labute approximate surface area is 403 Å². The summed E-state index contributed by atoms with van der Waals surface area (Å²) < 4.78 is 30.2. The summed E-state index contributed by atoms with van der Waals surface area (Å²) >= 11 is 0. The molecule has 2 aliphatic carbocycles. The maximum absolute atomic E-state index is 14.5. The Kier molecular flexibility index (Phi) is 23.1. The molecule has 380 valence electrons. The molecule has 2 bridgehead atoms. The highest BCUT2D eigenvalue weighted by Crippen LogP contribution is 2.42. The zero-order chi connectivity index (χ0) is 49.4. The minimum absolute atomic E-state index is 0.0108. The van der Waals surface area contributed by atoms with Gasteiger partial charge in [0.15, 0.2) is 5.78 Å². The van der Waals surface area contributed by atoms with Crippen LogP contribution >= 0.6 is 0 Å². The van der Waals surface area contributed by atoms with Crippen LogP contribution in [0, 0.1) is 47.3 Å². The second-order valence-electron chi connectivity index (χ2n) is 21.3. The molecular weight excluding hydrogens is 851 g/mol. The van der Waals surface area contributed by atoms with E-state index in [1.54, 1.807) is 21.3 Å². The Morgan fingerprint density at radius 2 is 1.57 bits per heavy atom. The summed E-state index contributed by atoms with van der Waals surface area (Å²) in [7, 11) is 5.11. The van der Waals surface area contributed by atoms with Crippen LogP contribution in [0.2, 0.25) is 0 Å². The number of Topliss-reactive ketones (excluding diaryl/α,β-unsaturated/α-hetero) is 2. The van der Waals surface area contributed by atoms with Crippen LogP contribution in [0.15, 0.2) is 47.6 Å². The highest BCUT2D eigenvalue weighted by molar-refractivity contribution is 6.39. The average Bonchev–Trinajstić information content (AvgIpc) is 3.31. The molecule has 0 aromatic heterocycles. The summed E-state index contributed by atoms with van der Waals surface area (Å²) in [5, 5.41) is 21.6. The van der Waals surface area contributed by atoms with Crippen LogP contribution < -0.4 is 0 Å². The zero-order valence-corrected chi connectivity index (χ0v) is 43.1. The quantitative estimate of drug-likeness (QED) is 0.168. The van der Waals surface area contributed by atoms with Crippen molar-refractivity contribution in [3.05, 3.63) is 47.6 Å². The van der Waals surface area contributed by atoms with Crippen LogP contribution in [0.4, 0.5) is 0 Å². The molecule has 1 saturated heterocycles. The molecular formula is C55H89NO11. The van der Waals surface area contributed by atoms with E-state index < -0.39 is 41.3 Å². The number of piperidine rings is 1. The van der Waals surface area contributed by atoms with Crippen molar-refractivity contribution in [1.29, 1.82) is 0 Å². The molecule has 2 heterocycles. The van der Waals surface area contributed by atoms with Crippen molar-refractivity contribution in [1.82, 2.24) is 4.90 Å². The monoisotopic (exact) mass is 940 g/mol. The molecule has 0 radical (unpaired) electrons. The average molecular weight is 940 g/mol. The molecule has 4 rings (SSSR count). The first-order valence-electron chi connectivity index (χ1n) is 25.7. The number of amides is 1. The number of rotatable bonds is 9. The molecule has 67 heavy (non-hydrogen) atoms. The fourth-order valence-electron chi connectivity index (χ4n) is 11.5. The van der Waals surface area contributed by atoms with Crippen LogP contribution in [-0.2, 0) is 42.9 Å². The largest absolute Gasteiger partial charge is 0.460 e. The molecule has 12 heteroatoms. The summed E-state index contributed by atoms with van der Waals surface area (Å²) in [6.45, 7) is 16.9. The van der Waals surface area contributed by atoms with Crippen molar-refractivity contribution in [2.75, 3.05) is 41.1 Å². The van der Waals surface area contributed by atoms with E-state index in [0.29, 0.717) is 55.9 Å². The molecule has 0 spiro atoms. The molecule has 2 saturated carbocycles. The molecule has 1 amide bonds. The fraction of sp³-hybridized carbons (Fsp3) is 0.782. The molecule has 0 aromatic carbocycles. The molecule has 0 aromatic rings. The zero-order valence-electron chi connectivity index (χ0n) is 43.1. The third-order valence-electron chi connectivity index (χ3n) is 16.0. The second-order valence-corrected chi connectivity index (χ2v) is 21.3. The number of methoxy groups -OCH3 is 3. The van der Waals surface area contributed by atoms with Crippen LogP contribution in [0.5, 0.6) is 0 Å². The smallest absolute Gasteiger partial charge is 0.329 e. The van der Waals surface area contributed by atoms with E-state index in [0.717, 1.165) is 44.1 Å².